The molecule has 1 atom stereocenters. The van der Waals surface area contributed by atoms with Gasteiger partial charge in [0.1, 0.15) is 18.1 Å². The molecule has 2 aromatic rings. The van der Waals surface area contributed by atoms with Crippen LogP contribution in [0.2, 0.25) is 0 Å². The molecule has 0 bridgehead atoms. The zero-order valence-corrected chi connectivity index (χ0v) is 17.4. The van der Waals surface area contributed by atoms with Crippen molar-refractivity contribution >= 4 is 11.0 Å². The monoisotopic (exact) mass is 406 g/mol. The predicted octanol–water partition coefficient (Wildman–Crippen LogP) is 4.24. The third-order valence-electron chi connectivity index (χ3n) is 5.16. The summed E-state index contributed by atoms with van der Waals surface area (Å²) in [6, 6.07) is 4.99. The molecule has 0 amide bonds. The summed E-state index contributed by atoms with van der Waals surface area (Å²) in [5.74, 6) is 0.206. The number of hydrogen-bond donors (Lipinski definition) is 1. The van der Waals surface area contributed by atoms with Gasteiger partial charge >= 0.3 is 5.63 Å². The smallest absolute Gasteiger partial charge is 0.383 e. The van der Waals surface area contributed by atoms with Gasteiger partial charge in [-0.3, -0.25) is 0 Å². The first-order valence-corrected chi connectivity index (χ1v) is 10.2. The van der Waals surface area contributed by atoms with Crippen LogP contribution in [-0.4, -0.2) is 37.8 Å². The summed E-state index contributed by atoms with van der Waals surface area (Å²) in [5.41, 5.74) is -0.690. The molecule has 1 fully saturated rings. The fraction of sp³-hybridized carbons (Fsp3) is 0.591. The minimum absolute atomic E-state index is 0.0398. The van der Waals surface area contributed by atoms with E-state index in [2.05, 4.69) is 6.92 Å². The Labute approximate surface area is 170 Å². The van der Waals surface area contributed by atoms with Crippen molar-refractivity contribution in [1.82, 2.24) is 0 Å². The van der Waals surface area contributed by atoms with E-state index in [0.717, 1.165) is 25.7 Å². The molecule has 1 aromatic heterocycles. The molecule has 0 radical (unpaired) electrons. The second-order valence-corrected chi connectivity index (χ2v) is 8.06. The molecule has 1 aliphatic heterocycles. The highest BCUT2D eigenvalue weighted by Crippen LogP contribution is 2.34. The van der Waals surface area contributed by atoms with Crippen molar-refractivity contribution in [3.05, 3.63) is 28.6 Å². The van der Waals surface area contributed by atoms with Crippen molar-refractivity contribution in [2.45, 2.75) is 52.6 Å². The Morgan fingerprint density at radius 2 is 2.03 bits per heavy atom. The number of hydrogen-bond acceptors (Lipinski definition) is 7. The van der Waals surface area contributed by atoms with Crippen LogP contribution in [0.5, 0.6) is 17.2 Å². The molecule has 7 heteroatoms. The lowest BCUT2D eigenvalue weighted by molar-refractivity contribution is -0.0140. The normalized spacial score (nSPS) is 17.0. The fourth-order valence-electron chi connectivity index (χ4n) is 3.22. The first-order valence-electron chi connectivity index (χ1n) is 10.2. The van der Waals surface area contributed by atoms with Crippen LogP contribution in [0, 0.1) is 5.41 Å². The Morgan fingerprint density at radius 3 is 2.76 bits per heavy atom. The van der Waals surface area contributed by atoms with E-state index in [1.807, 2.05) is 13.8 Å². The number of ether oxygens (including phenoxy) is 4. The maximum absolute atomic E-state index is 12.3. The number of unbranched alkanes of at least 4 members (excludes halogenated alkanes) is 3. The van der Waals surface area contributed by atoms with Crippen molar-refractivity contribution in [1.29, 1.82) is 0 Å². The minimum atomic E-state index is -0.695. The van der Waals surface area contributed by atoms with E-state index in [9.17, 15) is 9.90 Å². The topological polar surface area (TPSA) is 87.4 Å². The van der Waals surface area contributed by atoms with E-state index in [1.54, 1.807) is 18.2 Å². The van der Waals surface area contributed by atoms with Gasteiger partial charge in [0.15, 0.2) is 5.75 Å². The Balaban J connectivity index is 1.70. The molecule has 0 spiro atoms. The lowest BCUT2D eigenvalue weighted by Gasteiger charge is -2.29. The molecule has 1 aliphatic rings. The highest BCUT2D eigenvalue weighted by atomic mass is 16.7. The van der Waals surface area contributed by atoms with Crippen molar-refractivity contribution in [2.75, 3.05) is 26.6 Å². The molecule has 1 unspecified atom stereocenters. The third-order valence-corrected chi connectivity index (χ3v) is 5.16. The van der Waals surface area contributed by atoms with Crippen molar-refractivity contribution in [3.63, 3.8) is 0 Å². The number of fused-ring (bicyclic) bond motifs is 1. The minimum Gasteiger partial charge on any atom is -0.504 e. The summed E-state index contributed by atoms with van der Waals surface area (Å²) in [7, 11) is 0. The lowest BCUT2D eigenvalue weighted by atomic mass is 9.88. The van der Waals surface area contributed by atoms with Crippen LogP contribution in [0.15, 0.2) is 27.4 Å². The second-order valence-electron chi connectivity index (χ2n) is 8.06. The lowest BCUT2D eigenvalue weighted by Crippen LogP contribution is -2.36. The van der Waals surface area contributed by atoms with Gasteiger partial charge in [0.25, 0.3) is 0 Å². The first-order chi connectivity index (χ1) is 13.9. The molecule has 29 heavy (non-hydrogen) atoms. The summed E-state index contributed by atoms with van der Waals surface area (Å²) >= 11 is 0. The van der Waals surface area contributed by atoms with Crippen LogP contribution in [-0.2, 0) is 9.47 Å². The van der Waals surface area contributed by atoms with Crippen molar-refractivity contribution < 1.29 is 28.5 Å². The van der Waals surface area contributed by atoms with E-state index >= 15 is 0 Å². The van der Waals surface area contributed by atoms with Crippen LogP contribution < -0.4 is 15.1 Å². The third kappa shape index (κ3) is 5.22. The largest absolute Gasteiger partial charge is 0.504 e. The molecule has 1 aromatic carbocycles. The molecule has 1 saturated heterocycles. The zero-order valence-electron chi connectivity index (χ0n) is 17.4. The fourth-order valence-corrected chi connectivity index (χ4v) is 3.22. The van der Waals surface area contributed by atoms with Gasteiger partial charge < -0.3 is 28.5 Å². The highest BCUT2D eigenvalue weighted by Gasteiger charge is 2.34. The molecule has 1 N–H and O–H groups in total. The van der Waals surface area contributed by atoms with Crippen molar-refractivity contribution in [3.8, 4) is 17.2 Å². The Hall–Kier alpha value is -2.25. The van der Waals surface area contributed by atoms with Gasteiger partial charge in [0, 0.05) is 11.5 Å². The van der Waals surface area contributed by atoms with E-state index in [4.69, 9.17) is 23.4 Å². The van der Waals surface area contributed by atoms with Crippen LogP contribution >= 0.6 is 0 Å². The SMILES string of the molecule is CCCCCCOc1c(O)c2ccc(OCC(C)(C)C3COCO3)cc2oc1=O. The standard InChI is InChI=1S/C22H30O7/c1-4-5-6-7-10-26-20-19(23)16-9-8-15(11-17(16)29-21(20)24)27-13-22(2,3)18-12-25-14-28-18/h8-9,11,18,23H,4-7,10,12-14H2,1-3H3. The van der Waals surface area contributed by atoms with Gasteiger partial charge in [-0.25, -0.2) is 4.79 Å². The Kier molecular flexibility index (Phi) is 7.03. The molecule has 3 rings (SSSR count). The summed E-state index contributed by atoms with van der Waals surface area (Å²) in [5, 5.41) is 10.9. The molecule has 2 heterocycles. The number of rotatable bonds is 10. The average Bonchev–Trinajstić information content (AvgIpc) is 3.24. The highest BCUT2D eigenvalue weighted by molar-refractivity contribution is 5.86. The van der Waals surface area contributed by atoms with Crippen LogP contribution in [0.4, 0.5) is 0 Å². The quantitative estimate of drug-likeness (QED) is 0.466. The Bertz CT molecular complexity index is 865. The van der Waals surface area contributed by atoms with Crippen molar-refractivity contribution in [2.24, 2.45) is 5.41 Å². The van der Waals surface area contributed by atoms with Crippen LogP contribution in [0.3, 0.4) is 0 Å². The van der Waals surface area contributed by atoms with Gasteiger partial charge in [0.05, 0.1) is 31.3 Å². The molecule has 0 saturated carbocycles. The number of aromatic hydroxyl groups is 1. The van der Waals surface area contributed by atoms with E-state index in [-0.39, 0.29) is 28.6 Å². The molecular formula is C22H30O7. The van der Waals surface area contributed by atoms with Gasteiger partial charge in [0.2, 0.25) is 5.75 Å². The van der Waals surface area contributed by atoms with E-state index in [0.29, 0.717) is 37.7 Å². The summed E-state index contributed by atoms with van der Waals surface area (Å²) in [6.07, 6.45) is 4.03. The molecule has 0 aliphatic carbocycles. The Morgan fingerprint density at radius 1 is 1.21 bits per heavy atom. The van der Waals surface area contributed by atoms with Gasteiger partial charge in [-0.1, -0.05) is 40.0 Å². The zero-order chi connectivity index (χ0) is 20.9. The molecular weight excluding hydrogens is 376 g/mol. The maximum Gasteiger partial charge on any atom is 0.383 e. The summed E-state index contributed by atoms with van der Waals surface area (Å²) in [4.78, 5) is 12.3. The predicted molar refractivity (Wildman–Crippen MR) is 109 cm³/mol. The van der Waals surface area contributed by atoms with Gasteiger partial charge in [-0.15, -0.1) is 0 Å². The van der Waals surface area contributed by atoms with Gasteiger partial charge in [-0.05, 0) is 18.6 Å². The summed E-state index contributed by atoms with van der Waals surface area (Å²) in [6.45, 7) is 7.83. The van der Waals surface area contributed by atoms with Crippen LogP contribution in [0.25, 0.3) is 11.0 Å². The molecule has 7 nitrogen and oxygen atoms in total. The maximum atomic E-state index is 12.3. The van der Waals surface area contributed by atoms with Gasteiger partial charge in [-0.2, -0.15) is 0 Å². The average molecular weight is 406 g/mol. The molecule has 160 valence electrons. The van der Waals surface area contributed by atoms with Crippen LogP contribution in [0.1, 0.15) is 46.5 Å². The second kappa shape index (κ2) is 9.50. The first kappa shape index (κ1) is 21.5. The van der Waals surface area contributed by atoms with E-state index < -0.39 is 5.63 Å². The van der Waals surface area contributed by atoms with E-state index in [1.165, 1.54) is 0 Å². The number of benzene rings is 1. The summed E-state index contributed by atoms with van der Waals surface area (Å²) < 4.78 is 27.6.